The van der Waals surface area contributed by atoms with Gasteiger partial charge in [0.05, 0.1) is 19.7 Å². The molecule has 0 saturated heterocycles. The summed E-state index contributed by atoms with van der Waals surface area (Å²) in [5.41, 5.74) is 0.745. The Bertz CT molecular complexity index is 425. The molecule has 1 rings (SSSR count). The van der Waals surface area contributed by atoms with Gasteiger partial charge in [0.15, 0.2) is 6.54 Å². The molecule has 96 valence electrons. The highest BCUT2D eigenvalue weighted by Gasteiger charge is 2.09. The number of anilines is 1. The van der Waals surface area contributed by atoms with Gasteiger partial charge in [-0.3, -0.25) is 4.79 Å². The van der Waals surface area contributed by atoms with E-state index < -0.39 is 0 Å². The molecule has 0 aliphatic heterocycles. The molecule has 0 saturated carbocycles. The number of halogens is 1. The van der Waals surface area contributed by atoms with Crippen LogP contribution in [0.15, 0.2) is 24.3 Å². The van der Waals surface area contributed by atoms with Crippen molar-refractivity contribution in [1.29, 1.82) is 5.26 Å². The van der Waals surface area contributed by atoms with Gasteiger partial charge in [-0.25, -0.2) is 0 Å². The van der Waals surface area contributed by atoms with E-state index in [0.717, 1.165) is 23.6 Å². The molecule has 18 heavy (non-hydrogen) atoms. The van der Waals surface area contributed by atoms with Crippen LogP contribution < -0.4 is 10.2 Å². The molecule has 0 aliphatic rings. The molecule has 1 atom stereocenters. The third-order valence-electron chi connectivity index (χ3n) is 2.48. The molecular weight excluding hydrogens is 250 g/mol. The van der Waals surface area contributed by atoms with Gasteiger partial charge in [-0.05, 0) is 24.3 Å². The second-order valence-corrected chi connectivity index (χ2v) is 4.64. The fraction of sp³-hybridized carbons (Fsp3) is 0.385. The molecule has 0 spiro atoms. The Morgan fingerprint density at radius 2 is 2.11 bits per heavy atom. The summed E-state index contributed by atoms with van der Waals surface area (Å²) >= 11 is 5.76. The van der Waals surface area contributed by atoms with Gasteiger partial charge in [0.25, 0.3) is 5.91 Å². The van der Waals surface area contributed by atoms with E-state index in [4.69, 9.17) is 16.9 Å². The van der Waals surface area contributed by atoms with Crippen LogP contribution in [-0.2, 0) is 4.79 Å². The summed E-state index contributed by atoms with van der Waals surface area (Å²) in [6.45, 7) is 1.22. The van der Waals surface area contributed by atoms with E-state index in [9.17, 15) is 4.79 Å². The fourth-order valence-electron chi connectivity index (χ4n) is 1.57. The number of carbonyl (C=O) groups is 1. The Hall–Kier alpha value is -1.57. The van der Waals surface area contributed by atoms with Gasteiger partial charge < -0.3 is 10.2 Å². The van der Waals surface area contributed by atoms with Crippen molar-refractivity contribution in [1.82, 2.24) is 0 Å². The zero-order valence-electron chi connectivity index (χ0n) is 10.4. The molecule has 1 amide bonds. The van der Waals surface area contributed by atoms with Gasteiger partial charge in [0.2, 0.25) is 0 Å². The number of rotatable bonds is 6. The quantitative estimate of drug-likeness (QED) is 0.758. The standard InChI is InChI=1S/C13H16ClN3O/c1-17(9-3-2-8-15)10-13(18)16-12-6-4-11(14)5-7-12/h4-7H,2-3,9-10H2,1H3,(H,16,18)/p+1. The maximum absolute atomic E-state index is 11.7. The Morgan fingerprint density at radius 3 is 2.72 bits per heavy atom. The maximum Gasteiger partial charge on any atom is 0.279 e. The van der Waals surface area contributed by atoms with Gasteiger partial charge in [-0.15, -0.1) is 0 Å². The predicted octanol–water partition coefficient (Wildman–Crippen LogP) is 1.10. The number of quaternary nitrogens is 1. The number of hydrogen-bond acceptors (Lipinski definition) is 2. The lowest BCUT2D eigenvalue weighted by molar-refractivity contribution is -0.871. The van der Waals surface area contributed by atoms with Crippen LogP contribution in [0.1, 0.15) is 12.8 Å². The lowest BCUT2D eigenvalue weighted by atomic mass is 10.3. The van der Waals surface area contributed by atoms with E-state index in [1.807, 2.05) is 7.05 Å². The molecule has 0 bridgehead atoms. The zero-order chi connectivity index (χ0) is 13.4. The first-order chi connectivity index (χ1) is 8.61. The Kier molecular flexibility index (Phi) is 6.20. The summed E-state index contributed by atoms with van der Waals surface area (Å²) in [5.74, 6) is -0.0354. The molecular formula is C13H17ClN3O+. The molecule has 0 fully saturated rings. The van der Waals surface area contributed by atoms with Crippen LogP contribution in [0, 0.1) is 11.3 Å². The van der Waals surface area contributed by atoms with Crippen molar-refractivity contribution in [3.8, 4) is 6.07 Å². The lowest BCUT2D eigenvalue weighted by Crippen LogP contribution is -3.10. The maximum atomic E-state index is 11.7. The van der Waals surface area contributed by atoms with Gasteiger partial charge in [-0.2, -0.15) is 5.26 Å². The van der Waals surface area contributed by atoms with Gasteiger partial charge in [0.1, 0.15) is 0 Å². The van der Waals surface area contributed by atoms with Crippen LogP contribution in [0.25, 0.3) is 0 Å². The highest BCUT2D eigenvalue weighted by Crippen LogP contribution is 2.12. The summed E-state index contributed by atoms with van der Waals surface area (Å²) in [7, 11) is 1.94. The molecule has 4 nitrogen and oxygen atoms in total. The van der Waals surface area contributed by atoms with Crippen LogP contribution in [0.4, 0.5) is 5.69 Å². The van der Waals surface area contributed by atoms with Crippen LogP contribution in [-0.4, -0.2) is 26.0 Å². The SMILES string of the molecule is C[NH+](CCCC#N)CC(=O)Nc1ccc(Cl)cc1. The Morgan fingerprint density at radius 1 is 1.44 bits per heavy atom. The summed E-state index contributed by atoms with van der Waals surface area (Å²) in [6.07, 6.45) is 1.35. The topological polar surface area (TPSA) is 57.3 Å². The zero-order valence-corrected chi connectivity index (χ0v) is 11.1. The smallest absolute Gasteiger partial charge is 0.279 e. The number of amides is 1. The van der Waals surface area contributed by atoms with Crippen molar-refractivity contribution in [2.24, 2.45) is 0 Å². The third kappa shape index (κ3) is 5.67. The Labute approximate surface area is 112 Å². The first-order valence-electron chi connectivity index (χ1n) is 5.85. The van der Waals surface area contributed by atoms with E-state index in [2.05, 4.69) is 11.4 Å². The largest absolute Gasteiger partial charge is 0.330 e. The monoisotopic (exact) mass is 266 g/mol. The highest BCUT2D eigenvalue weighted by atomic mass is 35.5. The van der Waals surface area contributed by atoms with Gasteiger partial charge in [0, 0.05) is 23.6 Å². The average Bonchev–Trinajstić information content (AvgIpc) is 2.32. The molecule has 0 aliphatic carbocycles. The minimum atomic E-state index is -0.0354. The normalized spacial score (nSPS) is 11.6. The van der Waals surface area contributed by atoms with Crippen molar-refractivity contribution in [3.63, 3.8) is 0 Å². The highest BCUT2D eigenvalue weighted by molar-refractivity contribution is 6.30. The number of nitrogens with one attached hydrogen (secondary N) is 2. The van der Waals surface area contributed by atoms with Crippen LogP contribution in [0.5, 0.6) is 0 Å². The van der Waals surface area contributed by atoms with Crippen molar-refractivity contribution in [3.05, 3.63) is 29.3 Å². The van der Waals surface area contributed by atoms with Crippen LogP contribution in [0.3, 0.4) is 0 Å². The van der Waals surface area contributed by atoms with Gasteiger partial charge in [-0.1, -0.05) is 11.6 Å². The van der Waals surface area contributed by atoms with Crippen molar-refractivity contribution in [2.45, 2.75) is 12.8 Å². The van der Waals surface area contributed by atoms with E-state index in [-0.39, 0.29) is 5.91 Å². The minimum absolute atomic E-state index is 0.0354. The van der Waals surface area contributed by atoms with Crippen molar-refractivity contribution < 1.29 is 9.69 Å². The second kappa shape index (κ2) is 7.70. The second-order valence-electron chi connectivity index (χ2n) is 4.20. The number of carbonyl (C=O) groups excluding carboxylic acids is 1. The Balaban J connectivity index is 2.33. The van der Waals surface area contributed by atoms with E-state index >= 15 is 0 Å². The van der Waals surface area contributed by atoms with Gasteiger partial charge >= 0.3 is 0 Å². The summed E-state index contributed by atoms with van der Waals surface area (Å²) in [4.78, 5) is 12.8. The number of likely N-dealkylation sites (N-methyl/N-ethyl adjacent to an activating group) is 1. The minimum Gasteiger partial charge on any atom is -0.330 e. The summed E-state index contributed by atoms with van der Waals surface area (Å²) in [5, 5.41) is 11.9. The lowest BCUT2D eigenvalue weighted by Gasteiger charge is -2.12. The number of unbranched alkanes of at least 4 members (excludes halogenated alkanes) is 1. The van der Waals surface area contributed by atoms with Crippen LogP contribution in [0.2, 0.25) is 5.02 Å². The molecule has 2 N–H and O–H groups in total. The number of benzene rings is 1. The molecule has 5 heteroatoms. The molecule has 0 heterocycles. The van der Waals surface area contributed by atoms with E-state index in [0.29, 0.717) is 18.0 Å². The van der Waals surface area contributed by atoms with E-state index in [1.54, 1.807) is 24.3 Å². The predicted molar refractivity (Wildman–Crippen MR) is 71.5 cm³/mol. The number of hydrogen-bond donors (Lipinski definition) is 2. The molecule has 1 aromatic rings. The van der Waals surface area contributed by atoms with Crippen molar-refractivity contribution >= 4 is 23.2 Å². The number of nitrogens with zero attached hydrogens (tertiary/aromatic N) is 1. The molecule has 0 radical (unpaired) electrons. The molecule has 1 unspecified atom stereocenters. The van der Waals surface area contributed by atoms with E-state index in [1.165, 1.54) is 0 Å². The first kappa shape index (κ1) is 14.5. The average molecular weight is 267 g/mol. The third-order valence-corrected chi connectivity index (χ3v) is 2.73. The van der Waals surface area contributed by atoms with Crippen LogP contribution >= 0.6 is 11.6 Å². The van der Waals surface area contributed by atoms with Crippen molar-refractivity contribution in [2.75, 3.05) is 25.5 Å². The fourth-order valence-corrected chi connectivity index (χ4v) is 1.70. The molecule has 0 aromatic heterocycles. The summed E-state index contributed by atoms with van der Waals surface area (Å²) in [6, 6.07) is 9.11. The number of nitriles is 1. The molecule has 1 aromatic carbocycles. The first-order valence-corrected chi connectivity index (χ1v) is 6.23. The summed E-state index contributed by atoms with van der Waals surface area (Å²) < 4.78 is 0.